The number of hydrogen-bond acceptors (Lipinski definition) is 11. The molecule has 1 unspecified atom stereocenters. The fourth-order valence-corrected chi connectivity index (χ4v) is 7.84. The number of ether oxygens (including phenoxy) is 2. The zero-order chi connectivity index (χ0) is 43.8. The highest BCUT2D eigenvalue weighted by molar-refractivity contribution is 7.45. The molecule has 0 aromatic carbocycles. The lowest BCUT2D eigenvalue weighted by Crippen LogP contribution is -2.37. The van der Waals surface area contributed by atoms with Crippen LogP contribution in [0.5, 0.6) is 0 Å². The van der Waals surface area contributed by atoms with Crippen molar-refractivity contribution < 1.29 is 57.1 Å². The van der Waals surface area contributed by atoms with Crippen molar-refractivity contribution >= 4 is 25.5 Å². The van der Waals surface area contributed by atoms with Gasteiger partial charge in [-0.15, -0.1) is 0 Å². The Morgan fingerprint density at radius 1 is 0.797 bits per heavy atom. The number of unbranched alkanes of at least 4 members (excludes halogenated alkanes) is 17. The maximum Gasteiger partial charge on any atom is 0.306 e. The van der Waals surface area contributed by atoms with Gasteiger partial charge in [0.2, 0.25) is 0 Å². The molecule has 1 aliphatic carbocycles. The van der Waals surface area contributed by atoms with Crippen LogP contribution in [0.25, 0.3) is 0 Å². The smallest absolute Gasteiger partial charge is 0.306 e. The van der Waals surface area contributed by atoms with Crippen LogP contribution < -0.4 is 4.89 Å². The van der Waals surface area contributed by atoms with Gasteiger partial charge in [-0.05, 0) is 32.1 Å². The van der Waals surface area contributed by atoms with Crippen molar-refractivity contribution in [2.75, 3.05) is 47.5 Å². The molecule has 0 radical (unpaired) electrons. The second kappa shape index (κ2) is 33.7. The van der Waals surface area contributed by atoms with Crippen molar-refractivity contribution in [2.24, 2.45) is 11.8 Å². The van der Waals surface area contributed by atoms with Crippen molar-refractivity contribution in [3.8, 4) is 0 Å². The molecular weight excluding hydrogens is 773 g/mol. The summed E-state index contributed by atoms with van der Waals surface area (Å²) in [6, 6.07) is 0. The number of likely N-dealkylation sites (N-methyl/N-ethyl adjacent to an activating group) is 1. The first-order valence-corrected chi connectivity index (χ1v) is 24.6. The molecule has 1 rings (SSSR count). The second-order valence-corrected chi connectivity index (χ2v) is 19.0. The van der Waals surface area contributed by atoms with Gasteiger partial charge in [0.25, 0.3) is 7.82 Å². The number of nitrogens with zero attached hydrogens (tertiary/aromatic N) is 1. The van der Waals surface area contributed by atoms with Crippen LogP contribution in [0.4, 0.5) is 0 Å². The minimum absolute atomic E-state index is 0.0273. The summed E-state index contributed by atoms with van der Waals surface area (Å²) < 4.78 is 33.8. The molecule has 0 amide bonds. The van der Waals surface area contributed by atoms with E-state index in [4.69, 9.17) is 18.5 Å². The van der Waals surface area contributed by atoms with Crippen molar-refractivity contribution in [1.82, 2.24) is 0 Å². The average molecular weight is 858 g/mol. The molecule has 0 saturated heterocycles. The number of phosphoric acid groups is 1. The second-order valence-electron chi connectivity index (χ2n) is 17.6. The van der Waals surface area contributed by atoms with Crippen LogP contribution in [0.3, 0.4) is 0 Å². The summed E-state index contributed by atoms with van der Waals surface area (Å²) in [4.78, 5) is 50.3. The standard InChI is InChI=1S/C46H84NO11P/c1-6-8-10-11-12-13-14-15-16-17-18-19-20-21-27-31-46(52)58-40(38-57-59(53,54)56-35-34-47(3,4)5)37-55-45(51)30-26-23-22-25-29-41-42(44(50)36-43(41)49)33-32-39(48)28-24-9-7-2/h22,25,32-33,39-43,48-49H,6-21,23-24,26-31,34-38H2,1-5H3/b25-22-,33-32+/t39-,40+,41+,42+,43-/m0/s1. The first-order valence-electron chi connectivity index (χ1n) is 23.1. The monoisotopic (exact) mass is 858 g/mol. The topological polar surface area (TPSA) is 169 Å². The molecule has 1 fully saturated rings. The third-order valence-electron chi connectivity index (χ3n) is 10.9. The molecule has 2 N–H and O–H groups in total. The molecule has 344 valence electrons. The Labute approximate surface area is 358 Å². The summed E-state index contributed by atoms with van der Waals surface area (Å²) in [6.45, 7) is 3.83. The molecule has 0 aromatic rings. The first kappa shape index (κ1) is 55.1. The van der Waals surface area contributed by atoms with Crippen LogP contribution in [0, 0.1) is 11.8 Å². The van der Waals surface area contributed by atoms with Gasteiger partial charge in [-0.3, -0.25) is 18.9 Å². The summed E-state index contributed by atoms with van der Waals surface area (Å²) in [5.41, 5.74) is 0. The van der Waals surface area contributed by atoms with Crippen LogP contribution in [0.2, 0.25) is 0 Å². The number of aliphatic hydroxyl groups excluding tert-OH is 2. The Kier molecular flexibility index (Phi) is 31.4. The van der Waals surface area contributed by atoms with Crippen LogP contribution in [-0.4, -0.2) is 98.2 Å². The lowest BCUT2D eigenvalue weighted by Gasteiger charge is -2.28. The summed E-state index contributed by atoms with van der Waals surface area (Å²) in [5, 5.41) is 20.7. The summed E-state index contributed by atoms with van der Waals surface area (Å²) in [5.74, 6) is -1.76. The number of ketones is 1. The van der Waals surface area contributed by atoms with Gasteiger partial charge in [-0.1, -0.05) is 147 Å². The molecular formula is C46H84NO11P. The van der Waals surface area contributed by atoms with E-state index in [1.807, 2.05) is 33.3 Å². The summed E-state index contributed by atoms with van der Waals surface area (Å²) in [7, 11) is 1.03. The number of phosphoric ester groups is 1. The highest BCUT2D eigenvalue weighted by Gasteiger charge is 2.39. The summed E-state index contributed by atoms with van der Waals surface area (Å²) in [6.07, 6.45) is 28.5. The van der Waals surface area contributed by atoms with Gasteiger partial charge in [0.05, 0.1) is 40.0 Å². The SMILES string of the molecule is CCCCCCCCCCCCCCCCCC(=O)O[C@H](COC(=O)CCC/C=C\C[C@H]1[C@@H](O)CC(=O)[C@@H]1/C=C/[C@@H](O)CCCCC)COP(=O)([O-])OCC[N+](C)(C)C. The molecule has 59 heavy (non-hydrogen) atoms. The number of hydrogen-bond donors (Lipinski definition) is 2. The number of aliphatic hydroxyl groups is 2. The normalized spacial score (nSPS) is 19.4. The molecule has 1 aliphatic rings. The van der Waals surface area contributed by atoms with E-state index in [1.54, 1.807) is 12.2 Å². The van der Waals surface area contributed by atoms with Crippen LogP contribution in [-0.2, 0) is 37.5 Å². The number of carbonyl (C=O) groups excluding carboxylic acids is 3. The number of allylic oxidation sites excluding steroid dienone is 3. The lowest BCUT2D eigenvalue weighted by molar-refractivity contribution is -0.870. The molecule has 0 aliphatic heterocycles. The minimum Gasteiger partial charge on any atom is -0.756 e. The van der Waals surface area contributed by atoms with E-state index in [0.717, 1.165) is 38.5 Å². The maximum absolute atomic E-state index is 12.7. The van der Waals surface area contributed by atoms with E-state index < -0.39 is 50.6 Å². The highest BCUT2D eigenvalue weighted by Crippen LogP contribution is 2.38. The summed E-state index contributed by atoms with van der Waals surface area (Å²) >= 11 is 0. The van der Waals surface area contributed by atoms with E-state index in [-0.39, 0.29) is 44.2 Å². The van der Waals surface area contributed by atoms with Crippen molar-refractivity contribution in [1.29, 1.82) is 0 Å². The zero-order valence-electron chi connectivity index (χ0n) is 37.7. The predicted octanol–water partition coefficient (Wildman–Crippen LogP) is 9.09. The zero-order valence-corrected chi connectivity index (χ0v) is 38.6. The molecule has 0 spiro atoms. The van der Waals surface area contributed by atoms with Crippen molar-refractivity contribution in [3.05, 3.63) is 24.3 Å². The van der Waals surface area contributed by atoms with Gasteiger partial charge in [-0.25, -0.2) is 0 Å². The van der Waals surface area contributed by atoms with Gasteiger partial charge in [0, 0.05) is 31.1 Å². The van der Waals surface area contributed by atoms with Gasteiger partial charge in [-0.2, -0.15) is 0 Å². The molecule has 1 saturated carbocycles. The Morgan fingerprint density at radius 2 is 1.36 bits per heavy atom. The fourth-order valence-electron chi connectivity index (χ4n) is 7.11. The van der Waals surface area contributed by atoms with E-state index in [0.29, 0.717) is 43.1 Å². The Bertz CT molecular complexity index is 1220. The Hall–Kier alpha value is -1.92. The molecule has 0 aromatic heterocycles. The molecule has 0 bridgehead atoms. The quantitative estimate of drug-likeness (QED) is 0.0200. The minimum atomic E-state index is -4.69. The van der Waals surface area contributed by atoms with Crippen LogP contribution >= 0.6 is 7.82 Å². The van der Waals surface area contributed by atoms with Crippen LogP contribution in [0.15, 0.2) is 24.3 Å². The van der Waals surface area contributed by atoms with Crippen molar-refractivity contribution in [3.63, 3.8) is 0 Å². The maximum atomic E-state index is 12.7. The third-order valence-corrected chi connectivity index (χ3v) is 11.8. The fraction of sp³-hybridized carbons (Fsp3) is 0.848. The van der Waals surface area contributed by atoms with E-state index in [1.165, 1.54) is 70.6 Å². The predicted molar refractivity (Wildman–Crippen MR) is 232 cm³/mol. The molecule has 6 atom stereocenters. The van der Waals surface area contributed by atoms with Crippen LogP contribution in [0.1, 0.15) is 174 Å². The largest absolute Gasteiger partial charge is 0.756 e. The number of quaternary nitrogens is 1. The number of carbonyl (C=O) groups is 3. The Balaban J connectivity index is 2.48. The van der Waals surface area contributed by atoms with Gasteiger partial charge in [0.15, 0.2) is 6.10 Å². The van der Waals surface area contributed by atoms with E-state index >= 15 is 0 Å². The lowest BCUT2D eigenvalue weighted by atomic mass is 9.90. The highest BCUT2D eigenvalue weighted by atomic mass is 31.2. The average Bonchev–Trinajstić information content (AvgIpc) is 3.44. The first-order chi connectivity index (χ1) is 28.2. The number of esters is 2. The van der Waals surface area contributed by atoms with Gasteiger partial charge >= 0.3 is 11.9 Å². The number of Topliss-reactive ketones (excluding diaryl/α,β-unsaturated/α-hetero) is 1. The van der Waals surface area contributed by atoms with Gasteiger partial charge in [0.1, 0.15) is 25.5 Å². The van der Waals surface area contributed by atoms with Crippen molar-refractivity contribution in [2.45, 2.75) is 193 Å². The van der Waals surface area contributed by atoms with E-state index in [2.05, 4.69) is 13.8 Å². The number of rotatable bonds is 38. The molecule has 0 heterocycles. The van der Waals surface area contributed by atoms with Gasteiger partial charge < -0.3 is 38.1 Å². The Morgan fingerprint density at radius 3 is 1.95 bits per heavy atom. The third kappa shape index (κ3) is 30.7. The molecule has 13 heteroatoms. The molecule has 12 nitrogen and oxygen atoms in total. The van der Waals surface area contributed by atoms with E-state index in [9.17, 15) is 34.1 Å².